The molecule has 0 unspecified atom stereocenters. The molecule has 0 bridgehead atoms. The second-order valence-corrected chi connectivity index (χ2v) is 6.14. The van der Waals surface area contributed by atoms with Crippen molar-refractivity contribution in [1.29, 1.82) is 0 Å². The van der Waals surface area contributed by atoms with Gasteiger partial charge in [-0.2, -0.15) is 0 Å². The number of benzene rings is 1. The van der Waals surface area contributed by atoms with Gasteiger partial charge in [0.1, 0.15) is 27.8 Å². The maximum absolute atomic E-state index is 13.5. The zero-order valence-electron chi connectivity index (χ0n) is 11.0. The van der Waals surface area contributed by atoms with Crippen molar-refractivity contribution in [1.82, 2.24) is 9.97 Å². The summed E-state index contributed by atoms with van der Waals surface area (Å²) in [5.41, 5.74) is -0.0460. The van der Waals surface area contributed by atoms with Crippen molar-refractivity contribution in [3.63, 3.8) is 0 Å². The van der Waals surface area contributed by atoms with Crippen LogP contribution in [0.3, 0.4) is 0 Å². The Balaban J connectivity index is 1.66. The highest BCUT2D eigenvalue weighted by Gasteiger charge is 2.11. The number of carbonyl (C=O) groups excluding carboxylic acids is 1. The van der Waals surface area contributed by atoms with Crippen LogP contribution in [0.1, 0.15) is 0 Å². The minimum Gasteiger partial charge on any atom is -0.323 e. The number of rotatable bonds is 4. The van der Waals surface area contributed by atoms with Crippen molar-refractivity contribution in [2.75, 3.05) is 11.1 Å². The van der Waals surface area contributed by atoms with Gasteiger partial charge in [-0.25, -0.2) is 18.7 Å². The highest BCUT2D eigenvalue weighted by atomic mass is 32.2. The molecule has 0 spiro atoms. The summed E-state index contributed by atoms with van der Waals surface area (Å²) in [7, 11) is 0. The predicted octanol–water partition coefficient (Wildman–Crippen LogP) is 3.70. The quantitative estimate of drug-likeness (QED) is 0.583. The van der Waals surface area contributed by atoms with E-state index in [4.69, 9.17) is 0 Å². The lowest BCUT2D eigenvalue weighted by Gasteiger charge is -2.06. The summed E-state index contributed by atoms with van der Waals surface area (Å²) in [6.07, 6.45) is 1.44. The molecule has 0 aliphatic heterocycles. The van der Waals surface area contributed by atoms with E-state index in [0.29, 0.717) is 5.03 Å². The van der Waals surface area contributed by atoms with Crippen LogP contribution in [-0.2, 0) is 4.79 Å². The number of hydrogen-bond donors (Lipinski definition) is 1. The molecular weight excluding hydrogens is 328 g/mol. The molecule has 0 saturated carbocycles. The van der Waals surface area contributed by atoms with E-state index in [0.717, 1.165) is 22.3 Å². The summed E-state index contributed by atoms with van der Waals surface area (Å²) in [6.45, 7) is 0. The molecule has 22 heavy (non-hydrogen) atoms. The lowest BCUT2D eigenvalue weighted by Crippen LogP contribution is -2.15. The summed E-state index contributed by atoms with van der Waals surface area (Å²) in [5.74, 6) is -1.82. The number of thioether (sulfide) groups is 1. The number of carbonyl (C=O) groups is 1. The number of nitrogens with zero attached hydrogens (tertiary/aromatic N) is 2. The van der Waals surface area contributed by atoms with E-state index >= 15 is 0 Å². The van der Waals surface area contributed by atoms with Gasteiger partial charge in [-0.15, -0.1) is 11.3 Å². The predicted molar refractivity (Wildman–Crippen MR) is 83.1 cm³/mol. The van der Waals surface area contributed by atoms with Crippen LogP contribution in [0.25, 0.3) is 10.2 Å². The summed E-state index contributed by atoms with van der Waals surface area (Å²) in [6, 6.07) is 4.89. The first-order chi connectivity index (χ1) is 10.6. The Hall–Kier alpha value is -2.06. The third kappa shape index (κ3) is 3.23. The Bertz CT molecular complexity index is 838. The number of anilines is 1. The zero-order valence-corrected chi connectivity index (χ0v) is 12.7. The number of fused-ring (bicyclic) bond motifs is 1. The van der Waals surface area contributed by atoms with E-state index in [9.17, 15) is 13.6 Å². The van der Waals surface area contributed by atoms with Gasteiger partial charge in [0.25, 0.3) is 0 Å². The van der Waals surface area contributed by atoms with Crippen LogP contribution >= 0.6 is 23.1 Å². The number of aromatic nitrogens is 2. The highest BCUT2D eigenvalue weighted by molar-refractivity contribution is 8.00. The molecule has 0 aliphatic rings. The van der Waals surface area contributed by atoms with Crippen molar-refractivity contribution in [2.45, 2.75) is 5.03 Å². The molecule has 3 aromatic rings. The van der Waals surface area contributed by atoms with Crippen molar-refractivity contribution in [3.8, 4) is 0 Å². The summed E-state index contributed by atoms with van der Waals surface area (Å²) in [4.78, 5) is 21.0. The van der Waals surface area contributed by atoms with Gasteiger partial charge in [0.05, 0.1) is 11.4 Å². The molecular formula is C14H9F2N3OS2. The highest BCUT2D eigenvalue weighted by Crippen LogP contribution is 2.27. The summed E-state index contributed by atoms with van der Waals surface area (Å²) < 4.78 is 26.3. The fourth-order valence-corrected chi connectivity index (χ4v) is 3.37. The maximum Gasteiger partial charge on any atom is 0.234 e. The monoisotopic (exact) mass is 337 g/mol. The van der Waals surface area contributed by atoms with Gasteiger partial charge in [0.15, 0.2) is 0 Å². The molecule has 0 atom stereocenters. The Morgan fingerprint density at radius 1 is 1.27 bits per heavy atom. The van der Waals surface area contributed by atoms with E-state index < -0.39 is 17.5 Å². The first-order valence-corrected chi connectivity index (χ1v) is 8.06. The van der Waals surface area contributed by atoms with E-state index in [1.54, 1.807) is 0 Å². The Morgan fingerprint density at radius 3 is 2.95 bits per heavy atom. The molecule has 0 aliphatic carbocycles. The van der Waals surface area contributed by atoms with E-state index in [1.807, 2.05) is 11.4 Å². The minimum atomic E-state index is -0.805. The standard InChI is InChI=1S/C14H9F2N3OS2/c15-8-1-2-11(10(16)5-8)19-12(20)6-22-14-9-3-4-21-13(9)17-7-18-14/h1-5,7H,6H2,(H,19,20). The Kier molecular flexibility index (Phi) is 4.30. The second-order valence-electron chi connectivity index (χ2n) is 4.28. The molecule has 1 amide bonds. The minimum absolute atomic E-state index is 0.0460. The van der Waals surface area contributed by atoms with E-state index in [2.05, 4.69) is 15.3 Å². The first kappa shape index (κ1) is 14.9. The molecule has 1 N–H and O–H groups in total. The summed E-state index contributed by atoms with van der Waals surface area (Å²) >= 11 is 2.73. The molecule has 4 nitrogen and oxygen atoms in total. The summed E-state index contributed by atoms with van der Waals surface area (Å²) in [5, 5.41) is 5.89. The molecule has 8 heteroatoms. The third-order valence-corrected chi connectivity index (χ3v) is 4.60. The van der Waals surface area contributed by atoms with Crippen LogP contribution in [0.5, 0.6) is 0 Å². The Morgan fingerprint density at radius 2 is 2.14 bits per heavy atom. The molecule has 2 heterocycles. The number of amides is 1. The van der Waals surface area contributed by atoms with Gasteiger partial charge >= 0.3 is 0 Å². The fraction of sp³-hybridized carbons (Fsp3) is 0.0714. The van der Waals surface area contributed by atoms with Crippen molar-refractivity contribution in [3.05, 3.63) is 47.6 Å². The largest absolute Gasteiger partial charge is 0.323 e. The topological polar surface area (TPSA) is 54.9 Å². The van der Waals surface area contributed by atoms with Crippen LogP contribution in [0.4, 0.5) is 14.5 Å². The molecule has 3 rings (SSSR count). The number of thiophene rings is 1. The van der Waals surface area contributed by atoms with Crippen LogP contribution in [0.2, 0.25) is 0 Å². The molecule has 112 valence electrons. The normalized spacial score (nSPS) is 10.8. The first-order valence-electron chi connectivity index (χ1n) is 6.19. The smallest absolute Gasteiger partial charge is 0.234 e. The molecule has 0 saturated heterocycles. The van der Waals surface area contributed by atoms with Gasteiger partial charge < -0.3 is 5.32 Å². The van der Waals surface area contributed by atoms with Gasteiger partial charge in [0, 0.05) is 11.5 Å². The van der Waals surface area contributed by atoms with Crippen LogP contribution < -0.4 is 5.32 Å². The van der Waals surface area contributed by atoms with Crippen molar-refractivity contribution < 1.29 is 13.6 Å². The van der Waals surface area contributed by atoms with Gasteiger partial charge in [-0.3, -0.25) is 4.79 Å². The van der Waals surface area contributed by atoms with Gasteiger partial charge in [0.2, 0.25) is 5.91 Å². The van der Waals surface area contributed by atoms with Crippen molar-refractivity contribution in [2.24, 2.45) is 0 Å². The molecule has 0 radical (unpaired) electrons. The van der Waals surface area contributed by atoms with Crippen molar-refractivity contribution >= 4 is 44.9 Å². The number of halogens is 2. The lowest BCUT2D eigenvalue weighted by molar-refractivity contribution is -0.113. The van der Waals surface area contributed by atoms with Gasteiger partial charge in [-0.05, 0) is 23.6 Å². The van der Waals surface area contributed by atoms with Gasteiger partial charge in [-0.1, -0.05) is 11.8 Å². The average molecular weight is 337 g/mol. The van der Waals surface area contributed by atoms with Crippen LogP contribution in [0, 0.1) is 11.6 Å². The van der Waals surface area contributed by atoms with Crippen LogP contribution in [0.15, 0.2) is 41.0 Å². The molecule has 2 aromatic heterocycles. The third-order valence-electron chi connectivity index (χ3n) is 2.77. The molecule has 0 fully saturated rings. The maximum atomic E-state index is 13.5. The Labute approximate surface area is 132 Å². The van der Waals surface area contributed by atoms with E-state index in [-0.39, 0.29) is 11.4 Å². The molecule has 1 aromatic carbocycles. The zero-order chi connectivity index (χ0) is 15.5. The van der Waals surface area contributed by atoms with E-state index in [1.165, 1.54) is 35.5 Å². The average Bonchev–Trinajstić information content (AvgIpc) is 2.97. The number of hydrogen-bond acceptors (Lipinski definition) is 5. The number of nitrogens with one attached hydrogen (secondary N) is 1. The van der Waals surface area contributed by atoms with Crippen LogP contribution in [-0.4, -0.2) is 21.6 Å². The SMILES string of the molecule is O=C(CSc1ncnc2sccc12)Nc1ccc(F)cc1F. The fourth-order valence-electron chi connectivity index (χ4n) is 1.79. The second kappa shape index (κ2) is 6.37. The lowest BCUT2D eigenvalue weighted by atomic mass is 10.3.